The molecule has 38 heavy (non-hydrogen) atoms. The molecule has 0 spiro atoms. The van der Waals surface area contributed by atoms with Crippen LogP contribution in [0.3, 0.4) is 0 Å². The molecule has 2 aliphatic rings. The van der Waals surface area contributed by atoms with Gasteiger partial charge in [0.25, 0.3) is 0 Å². The minimum Gasteiger partial charge on any atom is -0.488 e. The van der Waals surface area contributed by atoms with Crippen LogP contribution in [0.1, 0.15) is 62.1 Å². The molecule has 2 fully saturated rings. The number of carbonyl (C=O) groups is 1. The fourth-order valence-corrected chi connectivity index (χ4v) is 7.42. The summed E-state index contributed by atoms with van der Waals surface area (Å²) in [5.74, 6) is 2.32. The number of hydrogen-bond acceptors (Lipinski definition) is 7. The molecule has 0 bridgehead atoms. The Hall–Kier alpha value is -2.33. The van der Waals surface area contributed by atoms with Gasteiger partial charge in [-0.15, -0.1) is 23.5 Å². The first-order chi connectivity index (χ1) is 18.1. The van der Waals surface area contributed by atoms with Crippen molar-refractivity contribution in [3.63, 3.8) is 0 Å². The number of nitrogens with one attached hydrogen (secondary N) is 2. The summed E-state index contributed by atoms with van der Waals surface area (Å²) in [6.07, 6.45) is -0.959. The van der Waals surface area contributed by atoms with Gasteiger partial charge in [0.05, 0.1) is 17.2 Å². The fourth-order valence-electron chi connectivity index (χ4n) is 4.60. The van der Waals surface area contributed by atoms with E-state index in [0.717, 1.165) is 39.4 Å². The summed E-state index contributed by atoms with van der Waals surface area (Å²) in [6.45, 7) is 10.1. The maximum atomic E-state index is 12.6. The number of rotatable bonds is 6. The smallest absolute Gasteiger partial charge is 0.408 e. The topological polar surface area (TPSA) is 81.8 Å². The van der Waals surface area contributed by atoms with Gasteiger partial charge in [0, 0.05) is 28.1 Å². The maximum absolute atomic E-state index is 12.6. The molecule has 3 heterocycles. The van der Waals surface area contributed by atoms with Gasteiger partial charge >= 0.3 is 6.09 Å². The Morgan fingerprint density at radius 2 is 1.87 bits per heavy atom. The van der Waals surface area contributed by atoms with Gasteiger partial charge in [0.15, 0.2) is 5.79 Å². The van der Waals surface area contributed by atoms with E-state index in [1.54, 1.807) is 0 Å². The highest BCUT2D eigenvalue weighted by atomic mass is 32.2. The van der Waals surface area contributed by atoms with Crippen LogP contribution in [0.2, 0.25) is 0 Å². The van der Waals surface area contributed by atoms with Crippen LogP contribution in [-0.4, -0.2) is 46.6 Å². The van der Waals surface area contributed by atoms with Crippen molar-refractivity contribution < 1.29 is 23.7 Å². The zero-order valence-electron chi connectivity index (χ0n) is 22.5. The highest BCUT2D eigenvalue weighted by Crippen LogP contribution is 2.47. The lowest BCUT2D eigenvalue weighted by Crippen LogP contribution is -2.52. The van der Waals surface area contributed by atoms with Crippen molar-refractivity contribution in [1.82, 2.24) is 10.3 Å². The molecule has 2 atom stereocenters. The third kappa shape index (κ3) is 6.62. The number of amides is 1. The Kier molecular flexibility index (Phi) is 7.91. The first-order valence-electron chi connectivity index (χ1n) is 12.9. The monoisotopic (exact) mass is 556 g/mol. The van der Waals surface area contributed by atoms with E-state index in [9.17, 15) is 4.79 Å². The molecule has 2 N–H and O–H groups in total. The second-order valence-corrected chi connectivity index (χ2v) is 13.8. The van der Waals surface area contributed by atoms with Crippen molar-refractivity contribution in [2.45, 2.75) is 69.3 Å². The van der Waals surface area contributed by atoms with E-state index in [4.69, 9.17) is 18.9 Å². The quantitative estimate of drug-likeness (QED) is 0.340. The van der Waals surface area contributed by atoms with E-state index in [-0.39, 0.29) is 0 Å². The van der Waals surface area contributed by atoms with Crippen molar-refractivity contribution in [1.29, 1.82) is 0 Å². The second kappa shape index (κ2) is 11.0. The van der Waals surface area contributed by atoms with E-state index in [2.05, 4.69) is 40.6 Å². The van der Waals surface area contributed by atoms with Crippen molar-refractivity contribution >= 4 is 40.5 Å². The van der Waals surface area contributed by atoms with E-state index >= 15 is 0 Å². The molecule has 2 saturated heterocycles. The maximum Gasteiger partial charge on any atom is 0.408 e. The third-order valence-electron chi connectivity index (χ3n) is 6.27. The standard InChI is InChI=1S/C29H36N2O5S2/c1-28(2,3)36-27(32)31-23-17-34-29(4,5)35-25(23)22-15-20-21(30-22)13-19(26-37-11-12-38-26)14-24(20)33-16-18-9-7-6-8-10-18/h6-10,13-15,23,25-26,30H,11-12,16-17H2,1-5H3,(H,31,32)/t23-,25+/m0/s1. The summed E-state index contributed by atoms with van der Waals surface area (Å²) in [7, 11) is 0. The van der Waals surface area contributed by atoms with Gasteiger partial charge in [-0.3, -0.25) is 0 Å². The van der Waals surface area contributed by atoms with Gasteiger partial charge in [0.1, 0.15) is 24.1 Å². The van der Waals surface area contributed by atoms with Gasteiger partial charge in [-0.05, 0) is 63.9 Å². The third-order valence-corrected chi connectivity index (χ3v) is 9.37. The van der Waals surface area contributed by atoms with Crippen LogP contribution in [0.4, 0.5) is 4.79 Å². The molecule has 1 amide bonds. The van der Waals surface area contributed by atoms with Crippen LogP contribution in [0.25, 0.3) is 10.9 Å². The molecule has 7 nitrogen and oxygen atoms in total. The van der Waals surface area contributed by atoms with Crippen LogP contribution in [0.5, 0.6) is 5.75 Å². The van der Waals surface area contributed by atoms with E-state index in [1.165, 1.54) is 5.56 Å². The lowest BCUT2D eigenvalue weighted by Gasteiger charge is -2.41. The number of fused-ring (bicyclic) bond motifs is 1. The first kappa shape index (κ1) is 27.2. The molecule has 9 heteroatoms. The van der Waals surface area contributed by atoms with Crippen molar-refractivity contribution in [2.75, 3.05) is 18.1 Å². The Morgan fingerprint density at radius 3 is 2.58 bits per heavy atom. The van der Waals surface area contributed by atoms with Gasteiger partial charge < -0.3 is 29.2 Å². The van der Waals surface area contributed by atoms with E-state index in [1.807, 2.05) is 76.3 Å². The molecular formula is C29H36N2O5S2. The van der Waals surface area contributed by atoms with Crippen molar-refractivity contribution in [2.24, 2.45) is 0 Å². The lowest BCUT2D eigenvalue weighted by atomic mass is 10.1. The minimum absolute atomic E-state index is 0.296. The fraction of sp³-hybridized carbons (Fsp3) is 0.483. The van der Waals surface area contributed by atoms with Crippen LogP contribution >= 0.6 is 23.5 Å². The molecule has 1 aromatic heterocycles. The zero-order chi connectivity index (χ0) is 26.9. The predicted octanol–water partition coefficient (Wildman–Crippen LogP) is 6.94. The number of benzene rings is 2. The molecule has 0 aliphatic carbocycles. The highest BCUT2D eigenvalue weighted by molar-refractivity contribution is 8.19. The number of alkyl carbamates (subject to hydrolysis) is 1. The molecule has 0 radical (unpaired) electrons. The van der Waals surface area contributed by atoms with Crippen LogP contribution in [-0.2, 0) is 20.8 Å². The number of H-pyrrole nitrogens is 1. The summed E-state index contributed by atoms with van der Waals surface area (Å²) in [5.41, 5.74) is 3.58. The number of hydrogen-bond donors (Lipinski definition) is 2. The van der Waals surface area contributed by atoms with Crippen LogP contribution in [0.15, 0.2) is 48.5 Å². The van der Waals surface area contributed by atoms with Gasteiger partial charge in [-0.2, -0.15) is 0 Å². The Morgan fingerprint density at radius 1 is 1.13 bits per heavy atom. The summed E-state index contributed by atoms with van der Waals surface area (Å²) in [5, 5.41) is 3.94. The largest absolute Gasteiger partial charge is 0.488 e. The molecule has 0 saturated carbocycles. The summed E-state index contributed by atoms with van der Waals surface area (Å²) in [6, 6.07) is 16.2. The van der Waals surface area contributed by atoms with Crippen LogP contribution in [0, 0.1) is 0 Å². The van der Waals surface area contributed by atoms with Gasteiger partial charge in [-0.1, -0.05) is 30.3 Å². The first-order valence-corrected chi connectivity index (χ1v) is 15.0. The number of aromatic nitrogens is 1. The van der Waals surface area contributed by atoms with Gasteiger partial charge in [-0.25, -0.2) is 4.79 Å². The number of ether oxygens (including phenoxy) is 4. The lowest BCUT2D eigenvalue weighted by molar-refractivity contribution is -0.285. The average Bonchev–Trinajstić information content (AvgIpc) is 3.53. The van der Waals surface area contributed by atoms with Crippen LogP contribution < -0.4 is 10.1 Å². The normalized spacial score (nSPS) is 21.9. The van der Waals surface area contributed by atoms with Crippen molar-refractivity contribution in [3.8, 4) is 5.75 Å². The predicted molar refractivity (Wildman–Crippen MR) is 154 cm³/mol. The van der Waals surface area contributed by atoms with E-state index in [0.29, 0.717) is 17.8 Å². The minimum atomic E-state index is -0.803. The second-order valence-electron chi connectivity index (χ2n) is 11.1. The molecule has 2 aliphatic heterocycles. The number of thioether (sulfide) groups is 2. The molecule has 3 aromatic rings. The summed E-state index contributed by atoms with van der Waals surface area (Å²) >= 11 is 3.93. The average molecular weight is 557 g/mol. The van der Waals surface area contributed by atoms with Crippen molar-refractivity contribution in [3.05, 3.63) is 65.4 Å². The Balaban J connectivity index is 1.48. The van der Waals surface area contributed by atoms with Gasteiger partial charge in [0.2, 0.25) is 0 Å². The zero-order valence-corrected chi connectivity index (χ0v) is 24.2. The SMILES string of the molecule is CC(C)(C)OC(=O)N[C@H]1COC(C)(C)O[C@@H]1c1cc2c(OCc3ccccc3)cc(C3SCCS3)cc2[nH]1. The molecular weight excluding hydrogens is 520 g/mol. The molecule has 0 unspecified atom stereocenters. The summed E-state index contributed by atoms with van der Waals surface area (Å²) in [4.78, 5) is 16.2. The molecule has 204 valence electrons. The molecule has 2 aromatic carbocycles. The molecule has 5 rings (SSSR count). The number of aromatic amines is 1. The van der Waals surface area contributed by atoms with E-state index < -0.39 is 29.6 Å². The summed E-state index contributed by atoms with van der Waals surface area (Å²) < 4.78 is 24.5. The Bertz CT molecular complexity index is 1270. The number of carbonyl (C=O) groups excluding carboxylic acids is 1. The Labute approximate surface area is 232 Å². The highest BCUT2D eigenvalue weighted by Gasteiger charge is 2.40.